The second-order valence-corrected chi connectivity index (χ2v) is 2.19. The third-order valence-electron chi connectivity index (χ3n) is 0.772. The largest absolute Gasteiger partial charge is 0.292 e. The Labute approximate surface area is 45.4 Å². The fourth-order valence-corrected chi connectivity index (χ4v) is 0.928. The van der Waals surface area contributed by atoms with Crippen LogP contribution in [-0.4, -0.2) is 18.2 Å². The quantitative estimate of drug-likeness (QED) is 0.372. The molecule has 0 saturated carbocycles. The maximum Gasteiger partial charge on any atom is 0.115 e. The van der Waals surface area contributed by atoms with Crippen LogP contribution in [0.25, 0.3) is 0 Å². The van der Waals surface area contributed by atoms with E-state index in [-0.39, 0.29) is 0 Å². The van der Waals surface area contributed by atoms with Gasteiger partial charge in [-0.05, 0) is 0 Å². The second-order valence-electron chi connectivity index (χ2n) is 1.27. The first-order valence-corrected chi connectivity index (χ1v) is 2.92. The molecule has 0 aromatic rings. The third-order valence-corrected chi connectivity index (χ3v) is 1.42. The summed E-state index contributed by atoms with van der Waals surface area (Å²) in [5, 5.41) is 6.61. The summed E-state index contributed by atoms with van der Waals surface area (Å²) in [7, 11) is 0. The van der Waals surface area contributed by atoms with Gasteiger partial charge in [-0.1, -0.05) is 15.9 Å². The molecule has 1 heterocycles. The van der Waals surface area contributed by atoms with E-state index < -0.39 is 0 Å². The standard InChI is InChI=1S/C3H7BrN2/c4-3-5-1-2-6-3/h3,5-6H,1-2H2. The Morgan fingerprint density at radius 3 is 2.00 bits per heavy atom. The van der Waals surface area contributed by atoms with Crippen molar-refractivity contribution in [3.05, 3.63) is 0 Å². The van der Waals surface area contributed by atoms with Crippen LogP contribution < -0.4 is 10.6 Å². The summed E-state index contributed by atoms with van der Waals surface area (Å²) in [4.78, 5) is 0. The van der Waals surface area contributed by atoms with E-state index in [9.17, 15) is 0 Å². The molecule has 0 atom stereocenters. The minimum atomic E-state index is 0.359. The van der Waals surface area contributed by atoms with E-state index in [2.05, 4.69) is 26.6 Å². The zero-order valence-electron chi connectivity index (χ0n) is 3.37. The van der Waals surface area contributed by atoms with Gasteiger partial charge in [-0.15, -0.1) is 0 Å². The van der Waals surface area contributed by atoms with Crippen LogP contribution in [0.4, 0.5) is 0 Å². The van der Waals surface area contributed by atoms with Crippen LogP contribution >= 0.6 is 15.9 Å². The molecule has 0 amide bonds. The van der Waals surface area contributed by atoms with Crippen molar-refractivity contribution < 1.29 is 0 Å². The van der Waals surface area contributed by atoms with E-state index >= 15 is 0 Å². The maximum atomic E-state index is 3.32. The molecule has 1 aliphatic heterocycles. The van der Waals surface area contributed by atoms with Gasteiger partial charge in [-0.3, -0.25) is 10.6 Å². The monoisotopic (exact) mass is 150 g/mol. The van der Waals surface area contributed by atoms with Gasteiger partial charge >= 0.3 is 0 Å². The summed E-state index contributed by atoms with van der Waals surface area (Å²) >= 11 is 3.32. The molecule has 2 N–H and O–H groups in total. The molecule has 3 heteroatoms. The van der Waals surface area contributed by atoms with Gasteiger partial charge in [0.25, 0.3) is 0 Å². The molecule has 0 aromatic heterocycles. The average Bonchev–Trinajstić information content (AvgIpc) is 1.86. The smallest absolute Gasteiger partial charge is 0.115 e. The summed E-state index contributed by atoms with van der Waals surface area (Å²) < 4.78 is 0. The van der Waals surface area contributed by atoms with Crippen LogP contribution in [-0.2, 0) is 0 Å². The third kappa shape index (κ3) is 0.929. The average molecular weight is 151 g/mol. The van der Waals surface area contributed by atoms with E-state index in [1.807, 2.05) is 0 Å². The lowest BCUT2D eigenvalue weighted by Gasteiger charge is -1.94. The molecule has 0 bridgehead atoms. The summed E-state index contributed by atoms with van der Waals surface area (Å²) in [6, 6.07) is 0. The lowest BCUT2D eigenvalue weighted by molar-refractivity contribution is 0.759. The fourth-order valence-electron chi connectivity index (χ4n) is 0.470. The Morgan fingerprint density at radius 2 is 1.83 bits per heavy atom. The van der Waals surface area contributed by atoms with Crippen molar-refractivity contribution in [3.8, 4) is 0 Å². The lowest BCUT2D eigenvalue weighted by Crippen LogP contribution is -2.22. The number of hydrogen-bond acceptors (Lipinski definition) is 2. The minimum absolute atomic E-state index is 0.359. The number of rotatable bonds is 0. The predicted molar refractivity (Wildman–Crippen MR) is 28.7 cm³/mol. The van der Waals surface area contributed by atoms with Crippen LogP contribution in [0.3, 0.4) is 0 Å². The molecule has 0 aliphatic carbocycles. The molecule has 2 nitrogen and oxygen atoms in total. The van der Waals surface area contributed by atoms with Crippen molar-refractivity contribution in [1.82, 2.24) is 10.6 Å². The van der Waals surface area contributed by atoms with Crippen LogP contribution in [0.1, 0.15) is 0 Å². The van der Waals surface area contributed by atoms with Gasteiger partial charge in [0.15, 0.2) is 0 Å². The fraction of sp³-hybridized carbons (Fsp3) is 1.00. The minimum Gasteiger partial charge on any atom is -0.292 e. The van der Waals surface area contributed by atoms with Crippen LogP contribution in [0.15, 0.2) is 0 Å². The zero-order valence-corrected chi connectivity index (χ0v) is 4.96. The molecular weight excluding hydrogens is 144 g/mol. The number of alkyl halides is 1. The van der Waals surface area contributed by atoms with Gasteiger partial charge in [0.05, 0.1) is 0 Å². The maximum absolute atomic E-state index is 3.32. The summed E-state index contributed by atoms with van der Waals surface area (Å²) in [6.07, 6.45) is 0. The zero-order chi connectivity index (χ0) is 4.41. The first-order valence-electron chi connectivity index (χ1n) is 2.00. The Kier molecular flexibility index (Phi) is 1.45. The van der Waals surface area contributed by atoms with Crippen molar-refractivity contribution in [2.75, 3.05) is 13.1 Å². The van der Waals surface area contributed by atoms with Gasteiger partial charge in [0.1, 0.15) is 5.08 Å². The van der Waals surface area contributed by atoms with Gasteiger partial charge in [0, 0.05) is 13.1 Å². The second kappa shape index (κ2) is 1.91. The molecule has 1 saturated heterocycles. The van der Waals surface area contributed by atoms with Crippen molar-refractivity contribution in [2.45, 2.75) is 5.08 Å². The molecule has 36 valence electrons. The highest BCUT2D eigenvalue weighted by Gasteiger charge is 2.05. The van der Waals surface area contributed by atoms with E-state index in [4.69, 9.17) is 0 Å². The van der Waals surface area contributed by atoms with Crippen molar-refractivity contribution in [1.29, 1.82) is 0 Å². The van der Waals surface area contributed by atoms with Crippen LogP contribution in [0, 0.1) is 0 Å². The lowest BCUT2D eigenvalue weighted by atomic mass is 10.7. The van der Waals surface area contributed by atoms with Gasteiger partial charge in [-0.2, -0.15) is 0 Å². The molecule has 6 heavy (non-hydrogen) atoms. The Morgan fingerprint density at radius 1 is 1.33 bits per heavy atom. The van der Waals surface area contributed by atoms with E-state index in [0.717, 1.165) is 13.1 Å². The SMILES string of the molecule is BrC1NCCN1. The highest BCUT2D eigenvalue weighted by Crippen LogP contribution is 1.91. The number of halogens is 1. The van der Waals surface area contributed by atoms with Crippen molar-refractivity contribution in [3.63, 3.8) is 0 Å². The first kappa shape index (κ1) is 4.56. The van der Waals surface area contributed by atoms with Crippen molar-refractivity contribution in [2.24, 2.45) is 0 Å². The predicted octanol–water partition coefficient (Wildman–Crippen LogP) is -0.142. The Balaban J connectivity index is 2.18. The molecule has 0 spiro atoms. The molecule has 1 rings (SSSR count). The summed E-state index contributed by atoms with van der Waals surface area (Å²) in [6.45, 7) is 2.16. The Bertz CT molecular complexity index is 42.1. The highest BCUT2D eigenvalue weighted by molar-refractivity contribution is 9.09. The number of hydrogen-bond donors (Lipinski definition) is 2. The van der Waals surface area contributed by atoms with Crippen LogP contribution in [0.5, 0.6) is 0 Å². The van der Waals surface area contributed by atoms with Gasteiger partial charge in [0.2, 0.25) is 0 Å². The normalized spacial score (nSPS) is 25.5. The van der Waals surface area contributed by atoms with E-state index in [1.165, 1.54) is 0 Å². The Hall–Kier alpha value is 0.400. The van der Waals surface area contributed by atoms with E-state index in [1.54, 1.807) is 0 Å². The number of nitrogens with one attached hydrogen (secondary N) is 2. The molecule has 0 radical (unpaired) electrons. The summed E-state index contributed by atoms with van der Waals surface area (Å²) in [5.41, 5.74) is 0. The van der Waals surface area contributed by atoms with Gasteiger partial charge in [-0.25, -0.2) is 0 Å². The summed E-state index contributed by atoms with van der Waals surface area (Å²) in [5.74, 6) is 0. The highest BCUT2D eigenvalue weighted by atomic mass is 79.9. The van der Waals surface area contributed by atoms with Gasteiger partial charge < -0.3 is 0 Å². The molecule has 1 fully saturated rings. The van der Waals surface area contributed by atoms with Crippen LogP contribution in [0.2, 0.25) is 0 Å². The molecule has 0 unspecified atom stereocenters. The first-order chi connectivity index (χ1) is 2.89. The molecular formula is C3H7BrN2. The topological polar surface area (TPSA) is 24.1 Å². The van der Waals surface area contributed by atoms with E-state index in [0.29, 0.717) is 5.08 Å². The molecule has 1 aliphatic rings. The molecule has 0 aromatic carbocycles. The van der Waals surface area contributed by atoms with Crippen molar-refractivity contribution >= 4 is 15.9 Å².